The van der Waals surface area contributed by atoms with Crippen molar-refractivity contribution in [2.24, 2.45) is 18.0 Å². The van der Waals surface area contributed by atoms with E-state index in [9.17, 15) is 0 Å². The van der Waals surface area contributed by atoms with Gasteiger partial charge in [0.2, 0.25) is 0 Å². The number of benzene rings is 1. The van der Waals surface area contributed by atoms with Crippen molar-refractivity contribution in [1.29, 1.82) is 0 Å². The summed E-state index contributed by atoms with van der Waals surface area (Å²) in [5.74, 6) is 1.59. The molecule has 1 N–H and O–H groups in total. The van der Waals surface area contributed by atoms with Crippen molar-refractivity contribution < 1.29 is 0 Å². The number of aromatic nitrogens is 1. The highest BCUT2D eigenvalue weighted by Crippen LogP contribution is 2.25. The maximum Gasteiger partial charge on any atom is 0.194 e. The van der Waals surface area contributed by atoms with Crippen LogP contribution in [0.1, 0.15) is 19.0 Å². The number of hydrogen-bond acceptors (Lipinski definition) is 2. The Kier molecular flexibility index (Phi) is 9.14. The first-order chi connectivity index (χ1) is 13.1. The van der Waals surface area contributed by atoms with E-state index in [1.54, 1.807) is 0 Å². The Balaban J connectivity index is 0.00000280. The summed E-state index contributed by atoms with van der Waals surface area (Å²) in [7, 11) is 4.19. The number of anilines is 1. The lowest BCUT2D eigenvalue weighted by Crippen LogP contribution is -2.39. The molecule has 5 nitrogen and oxygen atoms in total. The van der Waals surface area contributed by atoms with Crippen LogP contribution in [-0.2, 0) is 13.6 Å². The van der Waals surface area contributed by atoms with Gasteiger partial charge < -0.3 is 19.7 Å². The molecule has 28 heavy (non-hydrogen) atoms. The molecule has 154 valence electrons. The molecule has 1 aromatic heterocycles. The summed E-state index contributed by atoms with van der Waals surface area (Å²) in [6, 6.07) is 12.8. The average Bonchev–Trinajstić information content (AvgIpc) is 3.29. The fraction of sp³-hybridized carbons (Fsp3) is 0.476. The molecule has 0 aliphatic carbocycles. The van der Waals surface area contributed by atoms with Gasteiger partial charge in [-0.1, -0.05) is 15.9 Å². The predicted molar refractivity (Wildman–Crippen MR) is 133 cm³/mol. The minimum absolute atomic E-state index is 0. The van der Waals surface area contributed by atoms with Crippen LogP contribution < -0.4 is 10.2 Å². The van der Waals surface area contributed by atoms with E-state index < -0.39 is 0 Å². The number of nitrogens with zero attached hydrogens (tertiary/aromatic N) is 4. The molecule has 0 saturated carbocycles. The Hall–Kier alpha value is -1.22. The van der Waals surface area contributed by atoms with E-state index in [4.69, 9.17) is 4.99 Å². The largest absolute Gasteiger partial charge is 0.371 e. The van der Waals surface area contributed by atoms with Crippen LogP contribution in [0, 0.1) is 5.92 Å². The summed E-state index contributed by atoms with van der Waals surface area (Å²) in [6.45, 7) is 6.91. The van der Waals surface area contributed by atoms with Gasteiger partial charge in [0.05, 0.1) is 6.54 Å². The molecule has 0 spiro atoms. The van der Waals surface area contributed by atoms with Gasteiger partial charge in [-0.05, 0) is 55.7 Å². The average molecular weight is 560 g/mol. The van der Waals surface area contributed by atoms with Gasteiger partial charge in [-0.2, -0.15) is 0 Å². The second-order valence-electron chi connectivity index (χ2n) is 7.24. The molecule has 2 aromatic rings. The van der Waals surface area contributed by atoms with Crippen LogP contribution >= 0.6 is 39.9 Å². The van der Waals surface area contributed by atoms with Gasteiger partial charge in [0.15, 0.2) is 5.96 Å². The Bertz CT molecular complexity index is 758. The molecular weight excluding hydrogens is 529 g/mol. The minimum atomic E-state index is 0. The fourth-order valence-electron chi connectivity index (χ4n) is 3.53. The summed E-state index contributed by atoms with van der Waals surface area (Å²) in [6.07, 6.45) is 3.28. The summed E-state index contributed by atoms with van der Waals surface area (Å²) < 4.78 is 3.29. The second kappa shape index (κ2) is 11.1. The van der Waals surface area contributed by atoms with E-state index in [2.05, 4.69) is 99.2 Å². The van der Waals surface area contributed by atoms with Gasteiger partial charge in [0, 0.05) is 62.3 Å². The van der Waals surface area contributed by atoms with Crippen LogP contribution in [0.3, 0.4) is 0 Å². The normalized spacial score (nSPS) is 16.8. The summed E-state index contributed by atoms with van der Waals surface area (Å²) in [5, 5.41) is 3.44. The lowest BCUT2D eigenvalue weighted by atomic mass is 10.1. The molecule has 3 rings (SSSR count). The fourth-order valence-corrected chi connectivity index (χ4v) is 3.80. The lowest BCUT2D eigenvalue weighted by Gasteiger charge is -2.23. The highest BCUT2D eigenvalue weighted by atomic mass is 127. The van der Waals surface area contributed by atoms with E-state index in [1.165, 1.54) is 17.8 Å². The van der Waals surface area contributed by atoms with Crippen LogP contribution in [-0.4, -0.2) is 48.7 Å². The van der Waals surface area contributed by atoms with E-state index in [1.807, 2.05) is 0 Å². The molecule has 1 aromatic carbocycles. The van der Waals surface area contributed by atoms with Crippen molar-refractivity contribution in [3.63, 3.8) is 0 Å². The standard InChI is InChI=1S/C21H30BrN5.HI/c1-4-23-21(26(3)16-20-6-5-12-25(20)2)24-14-17-11-13-27(15-17)19-9-7-18(22)8-10-19;/h5-10,12,17H,4,11,13-16H2,1-3H3,(H,23,24);1H. The molecule has 0 bridgehead atoms. The van der Waals surface area contributed by atoms with Crippen LogP contribution in [0.15, 0.2) is 52.1 Å². The van der Waals surface area contributed by atoms with E-state index in [-0.39, 0.29) is 24.0 Å². The Labute approximate surface area is 194 Å². The third-order valence-corrected chi connectivity index (χ3v) is 5.65. The third kappa shape index (κ3) is 6.14. The van der Waals surface area contributed by atoms with Crippen molar-refractivity contribution in [3.8, 4) is 0 Å². The first-order valence-electron chi connectivity index (χ1n) is 9.67. The molecule has 7 heteroatoms. The van der Waals surface area contributed by atoms with Crippen LogP contribution in [0.2, 0.25) is 0 Å². The first-order valence-corrected chi connectivity index (χ1v) is 10.5. The van der Waals surface area contributed by atoms with Crippen LogP contribution in [0.4, 0.5) is 5.69 Å². The molecule has 1 atom stereocenters. The monoisotopic (exact) mass is 559 g/mol. The quantitative estimate of drug-likeness (QED) is 0.325. The Morgan fingerprint density at radius 1 is 1.29 bits per heavy atom. The smallest absolute Gasteiger partial charge is 0.194 e. The zero-order valence-electron chi connectivity index (χ0n) is 16.9. The summed E-state index contributed by atoms with van der Waals surface area (Å²) in [5.41, 5.74) is 2.59. The second-order valence-corrected chi connectivity index (χ2v) is 8.15. The molecular formula is C21H31BrIN5. The topological polar surface area (TPSA) is 35.8 Å². The van der Waals surface area contributed by atoms with Crippen molar-refractivity contribution in [2.75, 3.05) is 38.1 Å². The number of nitrogens with one attached hydrogen (secondary N) is 1. The Morgan fingerprint density at radius 2 is 2.04 bits per heavy atom. The summed E-state index contributed by atoms with van der Waals surface area (Å²) in [4.78, 5) is 9.61. The van der Waals surface area contributed by atoms with Crippen molar-refractivity contribution in [2.45, 2.75) is 19.9 Å². The van der Waals surface area contributed by atoms with Crippen LogP contribution in [0.5, 0.6) is 0 Å². The van der Waals surface area contributed by atoms with Crippen molar-refractivity contribution >= 4 is 51.6 Å². The van der Waals surface area contributed by atoms with Crippen LogP contribution in [0.25, 0.3) is 0 Å². The summed E-state index contributed by atoms with van der Waals surface area (Å²) >= 11 is 3.51. The molecule has 1 unspecified atom stereocenters. The zero-order chi connectivity index (χ0) is 19.2. The third-order valence-electron chi connectivity index (χ3n) is 5.12. The first kappa shape index (κ1) is 23.1. The minimum Gasteiger partial charge on any atom is -0.371 e. The molecule has 1 saturated heterocycles. The lowest BCUT2D eigenvalue weighted by molar-refractivity contribution is 0.458. The van der Waals surface area contributed by atoms with E-state index >= 15 is 0 Å². The number of guanidine groups is 1. The molecule has 2 heterocycles. The van der Waals surface area contributed by atoms with Crippen molar-refractivity contribution in [3.05, 3.63) is 52.8 Å². The highest BCUT2D eigenvalue weighted by molar-refractivity contribution is 14.0. The SMILES string of the molecule is CCNC(=NCC1CCN(c2ccc(Br)cc2)C1)N(C)Cc1cccn1C.I. The number of rotatable bonds is 6. The predicted octanol–water partition coefficient (Wildman–Crippen LogP) is 4.33. The molecule has 1 fully saturated rings. The van der Waals surface area contributed by atoms with Crippen molar-refractivity contribution in [1.82, 2.24) is 14.8 Å². The van der Waals surface area contributed by atoms with Gasteiger partial charge in [-0.15, -0.1) is 24.0 Å². The number of aliphatic imine (C=N–C) groups is 1. The molecule has 0 radical (unpaired) electrons. The highest BCUT2D eigenvalue weighted by Gasteiger charge is 2.22. The number of hydrogen-bond donors (Lipinski definition) is 1. The van der Waals surface area contributed by atoms with Gasteiger partial charge in [-0.25, -0.2) is 0 Å². The van der Waals surface area contributed by atoms with E-state index in [0.29, 0.717) is 5.92 Å². The van der Waals surface area contributed by atoms with Gasteiger partial charge in [0.1, 0.15) is 0 Å². The van der Waals surface area contributed by atoms with Gasteiger partial charge >= 0.3 is 0 Å². The maximum atomic E-state index is 4.94. The van der Waals surface area contributed by atoms with E-state index in [0.717, 1.165) is 43.2 Å². The van der Waals surface area contributed by atoms with Gasteiger partial charge in [-0.3, -0.25) is 4.99 Å². The zero-order valence-corrected chi connectivity index (χ0v) is 20.9. The molecule has 0 amide bonds. The van der Waals surface area contributed by atoms with Gasteiger partial charge in [0.25, 0.3) is 0 Å². The number of halogens is 2. The molecule has 1 aliphatic rings. The Morgan fingerprint density at radius 3 is 2.68 bits per heavy atom. The maximum absolute atomic E-state index is 4.94. The molecule has 1 aliphatic heterocycles. The number of aryl methyl sites for hydroxylation is 1.